The van der Waals surface area contributed by atoms with Gasteiger partial charge in [-0.2, -0.15) is 4.98 Å². The standard InChI is InChI=1S/C17H24N4O3S/c1-10-13-15(24-4)19-12(9-23-3)20-16(13)25-14(10)17(22)21-7-5-6-11(8-21)18-2/h11,18H,5-9H2,1-4H3. The van der Waals surface area contributed by atoms with Crippen LogP contribution in [0.5, 0.6) is 5.88 Å². The predicted molar refractivity (Wildman–Crippen MR) is 97.4 cm³/mol. The van der Waals surface area contributed by atoms with Gasteiger partial charge in [-0.15, -0.1) is 11.3 Å². The summed E-state index contributed by atoms with van der Waals surface area (Å²) in [5, 5.41) is 4.09. The molecule has 2 aromatic heterocycles. The van der Waals surface area contributed by atoms with Crippen LogP contribution in [0.25, 0.3) is 10.2 Å². The van der Waals surface area contributed by atoms with E-state index in [1.54, 1.807) is 14.2 Å². The normalized spacial score (nSPS) is 17.9. The van der Waals surface area contributed by atoms with Crippen LogP contribution in [0.15, 0.2) is 0 Å². The number of nitrogens with one attached hydrogen (secondary N) is 1. The van der Waals surface area contributed by atoms with Gasteiger partial charge in [0.25, 0.3) is 5.91 Å². The highest BCUT2D eigenvalue weighted by molar-refractivity contribution is 7.20. The number of likely N-dealkylation sites (N-methyl/N-ethyl adjacent to an activating group) is 1. The van der Waals surface area contributed by atoms with Crippen LogP contribution in [0, 0.1) is 6.92 Å². The smallest absolute Gasteiger partial charge is 0.264 e. The highest BCUT2D eigenvalue weighted by Gasteiger charge is 2.28. The van der Waals surface area contributed by atoms with Crippen LogP contribution in [0.4, 0.5) is 0 Å². The maximum atomic E-state index is 13.1. The molecule has 7 nitrogen and oxygen atoms in total. The molecule has 0 aromatic carbocycles. The van der Waals surface area contributed by atoms with Crippen LogP contribution in [-0.4, -0.2) is 61.2 Å². The molecular weight excluding hydrogens is 340 g/mol. The lowest BCUT2D eigenvalue weighted by Crippen LogP contribution is -2.46. The SMILES string of the molecule is CNC1CCCN(C(=O)c2sc3nc(COC)nc(OC)c3c2C)C1. The van der Waals surface area contributed by atoms with Crippen molar-refractivity contribution in [2.75, 3.05) is 34.4 Å². The van der Waals surface area contributed by atoms with Crippen LogP contribution in [0.2, 0.25) is 0 Å². The van der Waals surface area contributed by atoms with Crippen LogP contribution < -0.4 is 10.1 Å². The van der Waals surface area contributed by atoms with Crippen LogP contribution in [-0.2, 0) is 11.3 Å². The van der Waals surface area contributed by atoms with Crippen molar-refractivity contribution in [1.29, 1.82) is 0 Å². The van der Waals surface area contributed by atoms with Gasteiger partial charge in [0.2, 0.25) is 5.88 Å². The molecule has 1 aliphatic heterocycles. The molecule has 136 valence electrons. The number of rotatable bonds is 5. The van der Waals surface area contributed by atoms with E-state index in [1.807, 2.05) is 18.9 Å². The summed E-state index contributed by atoms with van der Waals surface area (Å²) in [6.07, 6.45) is 2.12. The Kier molecular flexibility index (Phi) is 5.51. The number of fused-ring (bicyclic) bond motifs is 1. The minimum absolute atomic E-state index is 0.0656. The Morgan fingerprint density at radius 3 is 2.88 bits per heavy atom. The predicted octanol–water partition coefficient (Wildman–Crippen LogP) is 1.98. The highest BCUT2D eigenvalue weighted by Crippen LogP contribution is 2.36. The lowest BCUT2D eigenvalue weighted by atomic mass is 10.1. The first kappa shape index (κ1) is 18.0. The summed E-state index contributed by atoms with van der Waals surface area (Å²) in [4.78, 5) is 25.4. The summed E-state index contributed by atoms with van der Waals surface area (Å²) in [6.45, 7) is 3.78. The Labute approximate surface area is 151 Å². The number of amides is 1. The molecule has 1 saturated heterocycles. The summed E-state index contributed by atoms with van der Waals surface area (Å²) in [7, 11) is 5.13. The maximum Gasteiger partial charge on any atom is 0.264 e. The maximum absolute atomic E-state index is 13.1. The van der Waals surface area contributed by atoms with Crippen molar-refractivity contribution in [2.24, 2.45) is 0 Å². The molecule has 3 heterocycles. The van der Waals surface area contributed by atoms with Crippen molar-refractivity contribution in [3.8, 4) is 5.88 Å². The van der Waals surface area contributed by atoms with Crippen molar-refractivity contribution in [1.82, 2.24) is 20.2 Å². The number of thiophene rings is 1. The number of ether oxygens (including phenoxy) is 2. The quantitative estimate of drug-likeness (QED) is 0.874. The Morgan fingerprint density at radius 1 is 1.40 bits per heavy atom. The molecule has 0 aliphatic carbocycles. The molecular formula is C17H24N4O3S. The fourth-order valence-corrected chi connectivity index (χ4v) is 4.39. The first-order valence-electron chi connectivity index (χ1n) is 8.38. The Bertz CT molecular complexity index is 777. The topological polar surface area (TPSA) is 76.6 Å². The summed E-state index contributed by atoms with van der Waals surface area (Å²) in [5.74, 6) is 1.12. The number of carbonyl (C=O) groups excluding carboxylic acids is 1. The van der Waals surface area contributed by atoms with Gasteiger partial charge in [-0.1, -0.05) is 0 Å². The molecule has 1 amide bonds. The van der Waals surface area contributed by atoms with Gasteiger partial charge >= 0.3 is 0 Å². The van der Waals surface area contributed by atoms with Gasteiger partial charge in [-0.3, -0.25) is 4.79 Å². The summed E-state index contributed by atoms with van der Waals surface area (Å²) in [6, 6.07) is 0.356. The largest absolute Gasteiger partial charge is 0.480 e. The number of carbonyl (C=O) groups is 1. The number of piperidine rings is 1. The average Bonchev–Trinajstić information content (AvgIpc) is 2.97. The van der Waals surface area contributed by atoms with E-state index in [1.165, 1.54) is 11.3 Å². The molecule has 1 atom stereocenters. The van der Waals surface area contributed by atoms with Crippen molar-refractivity contribution in [3.63, 3.8) is 0 Å². The number of hydrogen-bond donors (Lipinski definition) is 1. The molecule has 1 N–H and O–H groups in total. The van der Waals surface area contributed by atoms with E-state index < -0.39 is 0 Å². The van der Waals surface area contributed by atoms with E-state index in [4.69, 9.17) is 9.47 Å². The first-order valence-corrected chi connectivity index (χ1v) is 9.20. The minimum Gasteiger partial charge on any atom is -0.480 e. The molecule has 0 saturated carbocycles. The third-order valence-corrected chi connectivity index (χ3v) is 5.75. The van der Waals surface area contributed by atoms with Gasteiger partial charge in [0.1, 0.15) is 11.4 Å². The van der Waals surface area contributed by atoms with E-state index in [0.29, 0.717) is 29.2 Å². The van der Waals surface area contributed by atoms with Crippen molar-refractivity contribution < 1.29 is 14.3 Å². The minimum atomic E-state index is 0.0656. The zero-order chi connectivity index (χ0) is 18.0. The molecule has 0 spiro atoms. The molecule has 8 heteroatoms. The Morgan fingerprint density at radius 2 is 2.20 bits per heavy atom. The number of nitrogens with zero attached hydrogens (tertiary/aromatic N) is 3. The van der Waals surface area contributed by atoms with Crippen molar-refractivity contribution in [2.45, 2.75) is 32.4 Å². The van der Waals surface area contributed by atoms with E-state index in [2.05, 4.69) is 15.3 Å². The molecule has 0 radical (unpaired) electrons. The van der Waals surface area contributed by atoms with Gasteiger partial charge in [0, 0.05) is 26.2 Å². The number of aryl methyl sites for hydroxylation is 1. The first-order chi connectivity index (χ1) is 12.1. The highest BCUT2D eigenvalue weighted by atomic mass is 32.1. The van der Waals surface area contributed by atoms with E-state index in [0.717, 1.165) is 41.7 Å². The number of aromatic nitrogens is 2. The van der Waals surface area contributed by atoms with Gasteiger partial charge in [0.05, 0.1) is 17.4 Å². The Balaban J connectivity index is 1.99. The Hall–Kier alpha value is -1.77. The summed E-state index contributed by atoms with van der Waals surface area (Å²) >= 11 is 1.41. The monoisotopic (exact) mass is 364 g/mol. The zero-order valence-electron chi connectivity index (χ0n) is 15.1. The van der Waals surface area contributed by atoms with Crippen LogP contribution in [0.1, 0.15) is 33.9 Å². The average molecular weight is 364 g/mol. The van der Waals surface area contributed by atoms with Gasteiger partial charge in [-0.05, 0) is 32.4 Å². The molecule has 1 aliphatic rings. The van der Waals surface area contributed by atoms with Gasteiger partial charge in [-0.25, -0.2) is 4.98 Å². The number of methoxy groups -OCH3 is 2. The fourth-order valence-electron chi connectivity index (χ4n) is 3.23. The molecule has 2 aromatic rings. The molecule has 0 bridgehead atoms. The van der Waals surface area contributed by atoms with Crippen molar-refractivity contribution >= 4 is 27.5 Å². The van der Waals surface area contributed by atoms with Gasteiger partial charge < -0.3 is 19.7 Å². The second-order valence-electron chi connectivity index (χ2n) is 6.20. The molecule has 3 rings (SSSR count). The van der Waals surface area contributed by atoms with Crippen molar-refractivity contribution in [3.05, 3.63) is 16.3 Å². The third-order valence-electron chi connectivity index (χ3n) is 4.58. The van der Waals surface area contributed by atoms with E-state index >= 15 is 0 Å². The number of likely N-dealkylation sites (tertiary alicyclic amines) is 1. The molecule has 1 fully saturated rings. The zero-order valence-corrected chi connectivity index (χ0v) is 15.9. The molecule has 25 heavy (non-hydrogen) atoms. The number of hydrogen-bond acceptors (Lipinski definition) is 7. The van der Waals surface area contributed by atoms with Crippen LogP contribution in [0.3, 0.4) is 0 Å². The third kappa shape index (κ3) is 3.47. The van der Waals surface area contributed by atoms with Gasteiger partial charge in [0.15, 0.2) is 5.82 Å². The lowest BCUT2D eigenvalue weighted by molar-refractivity contribution is 0.0702. The second-order valence-corrected chi connectivity index (χ2v) is 7.20. The van der Waals surface area contributed by atoms with E-state index in [9.17, 15) is 4.79 Å². The summed E-state index contributed by atoms with van der Waals surface area (Å²) < 4.78 is 10.6. The summed E-state index contributed by atoms with van der Waals surface area (Å²) in [5.41, 5.74) is 0.886. The van der Waals surface area contributed by atoms with Crippen LogP contribution >= 0.6 is 11.3 Å². The lowest BCUT2D eigenvalue weighted by Gasteiger charge is -2.32. The molecule has 1 unspecified atom stereocenters. The van der Waals surface area contributed by atoms with E-state index in [-0.39, 0.29) is 5.91 Å². The second kappa shape index (κ2) is 7.63. The fraction of sp³-hybridized carbons (Fsp3) is 0.588.